The molecule has 0 radical (unpaired) electrons. The van der Waals surface area contributed by atoms with E-state index in [1.54, 1.807) is 12.1 Å². The van der Waals surface area contributed by atoms with E-state index < -0.39 is 0 Å². The van der Waals surface area contributed by atoms with Gasteiger partial charge in [0.25, 0.3) is 0 Å². The Kier molecular flexibility index (Phi) is 6.96. The van der Waals surface area contributed by atoms with Crippen LogP contribution < -0.4 is 16.4 Å². The lowest BCUT2D eigenvalue weighted by Crippen LogP contribution is -2.29. The Morgan fingerprint density at radius 3 is 2.50 bits per heavy atom. The number of thioether (sulfide) groups is 1. The van der Waals surface area contributed by atoms with Crippen LogP contribution in [0.1, 0.15) is 5.56 Å². The normalized spacial score (nSPS) is 10.2. The summed E-state index contributed by atoms with van der Waals surface area (Å²) in [7, 11) is 0. The molecule has 0 aliphatic heterocycles. The van der Waals surface area contributed by atoms with E-state index in [-0.39, 0.29) is 24.1 Å². The van der Waals surface area contributed by atoms with Gasteiger partial charge >= 0.3 is 0 Å². The van der Waals surface area contributed by atoms with Gasteiger partial charge in [-0.3, -0.25) is 9.59 Å². The number of primary amides is 1. The zero-order valence-corrected chi connectivity index (χ0v) is 14.5. The van der Waals surface area contributed by atoms with Gasteiger partial charge in [-0.15, -0.1) is 11.8 Å². The van der Waals surface area contributed by atoms with Crippen LogP contribution in [0.2, 0.25) is 5.02 Å². The van der Waals surface area contributed by atoms with Crippen LogP contribution in [0.5, 0.6) is 0 Å². The number of nitrogens with one attached hydrogen (secondary N) is 2. The van der Waals surface area contributed by atoms with Gasteiger partial charge in [0.05, 0.1) is 12.3 Å². The third kappa shape index (κ3) is 6.14. The van der Waals surface area contributed by atoms with Gasteiger partial charge in [-0.05, 0) is 29.8 Å². The Morgan fingerprint density at radius 1 is 1.08 bits per heavy atom. The van der Waals surface area contributed by atoms with E-state index in [2.05, 4.69) is 10.6 Å². The molecule has 2 aromatic rings. The summed E-state index contributed by atoms with van der Waals surface area (Å²) >= 11 is 7.16. The number of benzene rings is 2. The maximum Gasteiger partial charge on any atom is 0.239 e. The molecule has 4 N–H and O–H groups in total. The lowest BCUT2D eigenvalue weighted by Gasteiger charge is -2.11. The van der Waals surface area contributed by atoms with Crippen molar-refractivity contribution in [2.45, 2.75) is 11.4 Å². The zero-order chi connectivity index (χ0) is 17.4. The summed E-state index contributed by atoms with van der Waals surface area (Å²) in [6.07, 6.45) is 0. The molecule has 0 unspecified atom stereocenters. The Labute approximate surface area is 150 Å². The van der Waals surface area contributed by atoms with Gasteiger partial charge in [0.1, 0.15) is 0 Å². The average molecular weight is 364 g/mol. The van der Waals surface area contributed by atoms with Gasteiger partial charge in [0, 0.05) is 22.2 Å². The van der Waals surface area contributed by atoms with Crippen molar-refractivity contribution in [2.24, 2.45) is 5.73 Å². The fourth-order valence-corrected chi connectivity index (χ4v) is 2.82. The van der Waals surface area contributed by atoms with E-state index in [4.69, 9.17) is 17.3 Å². The second-order valence-electron chi connectivity index (χ2n) is 5.01. The summed E-state index contributed by atoms with van der Waals surface area (Å²) < 4.78 is 0. The van der Waals surface area contributed by atoms with Gasteiger partial charge in [0.15, 0.2) is 0 Å². The van der Waals surface area contributed by atoms with E-state index in [0.717, 1.165) is 16.1 Å². The topological polar surface area (TPSA) is 84.2 Å². The molecule has 0 aliphatic rings. The SMILES string of the molecule is NC(=O)CSc1ccccc1NCC(=O)NCc1ccc(Cl)cc1. The van der Waals surface area contributed by atoms with Crippen LogP contribution >= 0.6 is 23.4 Å². The molecular weight excluding hydrogens is 346 g/mol. The molecule has 5 nitrogen and oxygen atoms in total. The molecule has 0 spiro atoms. The Hall–Kier alpha value is -2.18. The third-order valence-corrected chi connectivity index (χ3v) is 4.45. The van der Waals surface area contributed by atoms with Crippen molar-refractivity contribution in [2.75, 3.05) is 17.6 Å². The molecule has 2 amide bonds. The number of amides is 2. The number of nitrogens with two attached hydrogens (primary N) is 1. The minimum Gasteiger partial charge on any atom is -0.375 e. The highest BCUT2D eigenvalue weighted by Gasteiger charge is 2.06. The van der Waals surface area contributed by atoms with Gasteiger partial charge in [-0.2, -0.15) is 0 Å². The number of carbonyl (C=O) groups is 2. The first kappa shape index (κ1) is 18.2. The van der Waals surface area contributed by atoms with E-state index >= 15 is 0 Å². The van der Waals surface area contributed by atoms with Crippen molar-refractivity contribution < 1.29 is 9.59 Å². The van der Waals surface area contributed by atoms with Gasteiger partial charge in [-0.1, -0.05) is 35.9 Å². The number of halogens is 1. The maximum atomic E-state index is 12.0. The number of anilines is 1. The molecule has 0 bridgehead atoms. The molecule has 24 heavy (non-hydrogen) atoms. The summed E-state index contributed by atoms with van der Waals surface area (Å²) in [4.78, 5) is 23.7. The van der Waals surface area contributed by atoms with Crippen LogP contribution in [-0.4, -0.2) is 24.1 Å². The zero-order valence-electron chi connectivity index (χ0n) is 12.9. The Bertz CT molecular complexity index is 707. The van der Waals surface area contributed by atoms with Crippen LogP contribution in [0.15, 0.2) is 53.4 Å². The Morgan fingerprint density at radius 2 is 1.79 bits per heavy atom. The molecule has 2 rings (SSSR count). The lowest BCUT2D eigenvalue weighted by molar-refractivity contribution is -0.119. The van der Waals surface area contributed by atoms with Gasteiger partial charge in [-0.25, -0.2) is 0 Å². The molecule has 2 aromatic carbocycles. The van der Waals surface area contributed by atoms with Crippen LogP contribution in [-0.2, 0) is 16.1 Å². The van der Waals surface area contributed by atoms with E-state index in [9.17, 15) is 9.59 Å². The predicted octanol–water partition coefficient (Wildman–Crippen LogP) is 2.65. The molecule has 0 aliphatic carbocycles. The number of rotatable bonds is 8. The van der Waals surface area contributed by atoms with Crippen molar-refractivity contribution in [1.29, 1.82) is 0 Å². The smallest absolute Gasteiger partial charge is 0.239 e. The first-order valence-electron chi connectivity index (χ1n) is 7.30. The van der Waals surface area contributed by atoms with Gasteiger partial charge in [0.2, 0.25) is 11.8 Å². The van der Waals surface area contributed by atoms with E-state index in [1.807, 2.05) is 36.4 Å². The second kappa shape index (κ2) is 9.20. The largest absolute Gasteiger partial charge is 0.375 e. The summed E-state index contributed by atoms with van der Waals surface area (Å²) in [5, 5.41) is 6.57. The lowest BCUT2D eigenvalue weighted by atomic mass is 10.2. The monoisotopic (exact) mass is 363 g/mol. The number of hydrogen-bond donors (Lipinski definition) is 3. The number of carbonyl (C=O) groups excluding carboxylic acids is 2. The summed E-state index contributed by atoms with van der Waals surface area (Å²) in [5.74, 6) is -0.309. The number of hydrogen-bond acceptors (Lipinski definition) is 4. The fourth-order valence-electron chi connectivity index (χ4n) is 1.93. The van der Waals surface area contributed by atoms with Crippen molar-refractivity contribution in [3.63, 3.8) is 0 Å². The van der Waals surface area contributed by atoms with Gasteiger partial charge < -0.3 is 16.4 Å². The summed E-state index contributed by atoms with van der Waals surface area (Å²) in [6, 6.07) is 14.8. The van der Waals surface area contributed by atoms with E-state index in [0.29, 0.717) is 11.6 Å². The van der Waals surface area contributed by atoms with Crippen LogP contribution in [0.25, 0.3) is 0 Å². The third-order valence-electron chi connectivity index (χ3n) is 3.10. The molecule has 0 saturated heterocycles. The molecule has 0 heterocycles. The second-order valence-corrected chi connectivity index (χ2v) is 6.46. The molecule has 0 saturated carbocycles. The van der Waals surface area contributed by atoms with Crippen LogP contribution in [0.3, 0.4) is 0 Å². The first-order chi connectivity index (χ1) is 11.5. The molecular formula is C17H18ClN3O2S. The highest BCUT2D eigenvalue weighted by molar-refractivity contribution is 8.00. The summed E-state index contributed by atoms with van der Waals surface area (Å²) in [6.45, 7) is 0.581. The van der Waals surface area contributed by atoms with Crippen molar-refractivity contribution in [3.05, 3.63) is 59.1 Å². The van der Waals surface area contributed by atoms with Crippen molar-refractivity contribution >= 4 is 40.9 Å². The highest BCUT2D eigenvalue weighted by Crippen LogP contribution is 2.26. The quantitative estimate of drug-likeness (QED) is 0.629. The maximum absolute atomic E-state index is 12.0. The van der Waals surface area contributed by atoms with Crippen molar-refractivity contribution in [3.8, 4) is 0 Å². The van der Waals surface area contributed by atoms with Crippen LogP contribution in [0, 0.1) is 0 Å². The molecule has 0 fully saturated rings. The van der Waals surface area contributed by atoms with Crippen molar-refractivity contribution in [1.82, 2.24) is 5.32 Å². The fraction of sp³-hybridized carbons (Fsp3) is 0.176. The summed E-state index contributed by atoms with van der Waals surface area (Å²) in [5.41, 5.74) is 6.94. The van der Waals surface area contributed by atoms with E-state index in [1.165, 1.54) is 11.8 Å². The molecule has 7 heteroatoms. The van der Waals surface area contributed by atoms with Crippen LogP contribution in [0.4, 0.5) is 5.69 Å². The first-order valence-corrected chi connectivity index (χ1v) is 8.66. The minimum absolute atomic E-state index is 0.125. The predicted molar refractivity (Wildman–Crippen MR) is 98.1 cm³/mol. The molecule has 0 atom stereocenters. The number of para-hydroxylation sites is 1. The average Bonchev–Trinajstić information content (AvgIpc) is 2.58. The highest BCUT2D eigenvalue weighted by atomic mass is 35.5. The molecule has 0 aromatic heterocycles. The standard InChI is InChI=1S/C17H18ClN3O2S/c18-13-7-5-12(6-8-13)9-21-17(23)10-20-14-3-1-2-4-15(14)24-11-16(19)22/h1-8,20H,9-11H2,(H2,19,22)(H,21,23). The molecule has 126 valence electrons. The minimum atomic E-state index is -0.379. The Balaban J connectivity index is 1.83.